The Balaban J connectivity index is 1.60. The minimum absolute atomic E-state index is 0.456. The first-order valence-corrected chi connectivity index (χ1v) is 9.14. The van der Waals surface area contributed by atoms with Gasteiger partial charge in [0.15, 0.2) is 17.3 Å². The maximum atomic E-state index is 6.00. The van der Waals surface area contributed by atoms with Crippen molar-refractivity contribution < 1.29 is 9.47 Å². The summed E-state index contributed by atoms with van der Waals surface area (Å²) < 4.78 is 10.6. The number of ether oxygens (including phenoxy) is 2. The molecule has 0 amide bonds. The van der Waals surface area contributed by atoms with Crippen molar-refractivity contribution in [3.63, 3.8) is 0 Å². The third kappa shape index (κ3) is 5.01. The maximum Gasteiger partial charge on any atom is 0.244 e. The van der Waals surface area contributed by atoms with Gasteiger partial charge in [-0.1, -0.05) is 17.7 Å². The second-order valence-electron chi connectivity index (χ2n) is 6.12. The smallest absolute Gasteiger partial charge is 0.244 e. The zero-order valence-electron chi connectivity index (χ0n) is 16.0. The minimum Gasteiger partial charge on any atom is -0.493 e. The Kier molecular flexibility index (Phi) is 6.49. The zero-order chi connectivity index (χ0) is 19.9. The molecule has 0 aliphatic rings. The lowest BCUT2D eigenvalue weighted by Gasteiger charge is -2.11. The molecule has 0 aliphatic carbocycles. The summed E-state index contributed by atoms with van der Waals surface area (Å²) in [6, 6.07) is 11.5. The van der Waals surface area contributed by atoms with Crippen LogP contribution >= 0.6 is 11.6 Å². The number of benzene rings is 2. The Bertz CT molecular complexity index is 952. The molecule has 0 saturated heterocycles. The van der Waals surface area contributed by atoms with Crippen LogP contribution in [0.3, 0.4) is 0 Å². The number of halogens is 1. The van der Waals surface area contributed by atoms with Crippen LogP contribution in [0.25, 0.3) is 0 Å². The Morgan fingerprint density at radius 3 is 2.61 bits per heavy atom. The minimum atomic E-state index is 0.456. The molecule has 0 fully saturated rings. The summed E-state index contributed by atoms with van der Waals surface area (Å²) in [4.78, 5) is 4.45. The second-order valence-corrected chi connectivity index (χ2v) is 6.55. The topological polar surface area (TPSA) is 81.2 Å². The van der Waals surface area contributed by atoms with Crippen LogP contribution in [0.4, 0.5) is 17.5 Å². The van der Waals surface area contributed by atoms with Gasteiger partial charge in [0.1, 0.15) is 0 Å². The zero-order valence-corrected chi connectivity index (χ0v) is 16.7. The number of hydrogen-bond donors (Lipinski definition) is 2. The first-order chi connectivity index (χ1) is 13.6. The quantitative estimate of drug-likeness (QED) is 0.586. The summed E-state index contributed by atoms with van der Waals surface area (Å²) in [5.41, 5.74) is 3.06. The van der Waals surface area contributed by atoms with Crippen LogP contribution in [0.15, 0.2) is 42.6 Å². The molecule has 1 heterocycles. The van der Waals surface area contributed by atoms with Crippen LogP contribution in [0.2, 0.25) is 5.02 Å². The van der Waals surface area contributed by atoms with Crippen LogP contribution in [0.1, 0.15) is 11.1 Å². The van der Waals surface area contributed by atoms with Crippen molar-refractivity contribution in [2.45, 2.75) is 13.3 Å². The average Bonchev–Trinajstić information content (AvgIpc) is 2.70. The molecule has 0 radical (unpaired) electrons. The van der Waals surface area contributed by atoms with Crippen molar-refractivity contribution in [1.82, 2.24) is 15.2 Å². The molecule has 0 spiro atoms. The first-order valence-electron chi connectivity index (χ1n) is 8.76. The highest BCUT2D eigenvalue weighted by atomic mass is 35.5. The number of aromatic nitrogens is 3. The fourth-order valence-corrected chi connectivity index (χ4v) is 2.93. The number of nitrogens with one attached hydrogen (secondary N) is 2. The maximum absolute atomic E-state index is 6.00. The van der Waals surface area contributed by atoms with E-state index in [1.54, 1.807) is 20.4 Å². The number of aryl methyl sites for hydroxylation is 1. The molecule has 0 saturated carbocycles. The molecular weight excluding hydrogens is 378 g/mol. The molecule has 8 heteroatoms. The molecule has 3 aromatic rings. The third-order valence-electron chi connectivity index (χ3n) is 4.15. The summed E-state index contributed by atoms with van der Waals surface area (Å²) in [5.74, 6) is 2.48. The molecule has 2 aromatic carbocycles. The van der Waals surface area contributed by atoms with Gasteiger partial charge in [-0.15, -0.1) is 5.10 Å². The Morgan fingerprint density at radius 2 is 1.86 bits per heavy atom. The summed E-state index contributed by atoms with van der Waals surface area (Å²) in [5, 5.41) is 15.2. The Hall–Kier alpha value is -3.06. The Labute approximate surface area is 169 Å². The van der Waals surface area contributed by atoms with Gasteiger partial charge in [-0.05, 0) is 54.8 Å². The van der Waals surface area contributed by atoms with Crippen molar-refractivity contribution in [1.29, 1.82) is 0 Å². The fraction of sp³-hybridized carbons (Fsp3) is 0.250. The average molecular weight is 400 g/mol. The molecule has 146 valence electrons. The lowest BCUT2D eigenvalue weighted by molar-refractivity contribution is 0.354. The van der Waals surface area contributed by atoms with E-state index in [2.05, 4.69) is 25.8 Å². The van der Waals surface area contributed by atoms with Gasteiger partial charge in [-0.2, -0.15) is 10.1 Å². The molecular formula is C20H22ClN5O2. The van der Waals surface area contributed by atoms with E-state index in [1.165, 1.54) is 0 Å². The largest absolute Gasteiger partial charge is 0.493 e. The number of hydrogen-bond acceptors (Lipinski definition) is 7. The SMILES string of the molecule is COc1ccc(CCNc2nncc(Nc3ccc(Cl)cc3C)n2)cc1OC. The van der Waals surface area contributed by atoms with Gasteiger partial charge in [0.25, 0.3) is 0 Å². The van der Waals surface area contributed by atoms with Crippen LogP contribution in [0.5, 0.6) is 11.5 Å². The highest BCUT2D eigenvalue weighted by molar-refractivity contribution is 6.30. The lowest BCUT2D eigenvalue weighted by atomic mass is 10.1. The second kappa shape index (κ2) is 9.23. The molecule has 3 rings (SSSR count). The van der Waals surface area contributed by atoms with Crippen LogP contribution in [-0.2, 0) is 6.42 Å². The predicted octanol–water partition coefficient (Wildman–Crippen LogP) is 4.25. The van der Waals surface area contributed by atoms with Crippen molar-refractivity contribution in [3.05, 3.63) is 58.7 Å². The van der Waals surface area contributed by atoms with E-state index in [1.807, 2.05) is 43.3 Å². The summed E-state index contributed by atoms with van der Waals surface area (Å²) in [7, 11) is 3.25. The standard InChI is InChI=1S/C20H22ClN5O2/c1-13-10-15(21)5-6-16(13)24-19-12-23-26-20(25-19)22-9-8-14-4-7-17(27-2)18(11-14)28-3/h4-7,10-12H,8-9H2,1-3H3,(H2,22,24,25,26). The molecule has 28 heavy (non-hydrogen) atoms. The van der Waals surface area contributed by atoms with Crippen molar-refractivity contribution in [2.24, 2.45) is 0 Å². The van der Waals surface area contributed by atoms with Gasteiger partial charge in [0, 0.05) is 17.3 Å². The molecule has 0 aliphatic heterocycles. The Morgan fingerprint density at radius 1 is 1.04 bits per heavy atom. The number of rotatable bonds is 8. The van der Waals surface area contributed by atoms with Crippen molar-refractivity contribution in [2.75, 3.05) is 31.4 Å². The molecule has 2 N–H and O–H groups in total. The first kappa shape index (κ1) is 19.7. The van der Waals surface area contributed by atoms with Crippen LogP contribution in [-0.4, -0.2) is 35.9 Å². The van der Waals surface area contributed by atoms with E-state index in [0.29, 0.717) is 34.8 Å². The number of anilines is 3. The van der Waals surface area contributed by atoms with E-state index in [4.69, 9.17) is 21.1 Å². The molecule has 0 atom stereocenters. The molecule has 0 unspecified atom stereocenters. The molecule has 0 bridgehead atoms. The highest BCUT2D eigenvalue weighted by Gasteiger charge is 2.06. The van der Waals surface area contributed by atoms with E-state index < -0.39 is 0 Å². The summed E-state index contributed by atoms with van der Waals surface area (Å²) in [6.45, 7) is 2.63. The highest BCUT2D eigenvalue weighted by Crippen LogP contribution is 2.27. The molecule has 1 aromatic heterocycles. The van der Waals surface area contributed by atoms with Crippen LogP contribution in [0, 0.1) is 6.92 Å². The number of methoxy groups -OCH3 is 2. The van der Waals surface area contributed by atoms with Crippen molar-refractivity contribution in [3.8, 4) is 11.5 Å². The third-order valence-corrected chi connectivity index (χ3v) is 4.39. The van der Waals surface area contributed by atoms with Gasteiger partial charge in [-0.25, -0.2) is 0 Å². The van der Waals surface area contributed by atoms with E-state index in [9.17, 15) is 0 Å². The normalized spacial score (nSPS) is 10.4. The van der Waals surface area contributed by atoms with E-state index >= 15 is 0 Å². The lowest BCUT2D eigenvalue weighted by Crippen LogP contribution is -2.10. The van der Waals surface area contributed by atoms with Gasteiger partial charge < -0.3 is 20.1 Å². The number of nitrogens with zero attached hydrogens (tertiary/aromatic N) is 3. The van der Waals surface area contributed by atoms with Gasteiger partial charge >= 0.3 is 0 Å². The van der Waals surface area contributed by atoms with E-state index in [-0.39, 0.29) is 0 Å². The van der Waals surface area contributed by atoms with Crippen molar-refractivity contribution >= 4 is 29.1 Å². The fourth-order valence-electron chi connectivity index (χ4n) is 2.70. The van der Waals surface area contributed by atoms with Gasteiger partial charge in [-0.3, -0.25) is 0 Å². The molecule has 7 nitrogen and oxygen atoms in total. The predicted molar refractivity (Wildman–Crippen MR) is 111 cm³/mol. The van der Waals surface area contributed by atoms with Gasteiger partial charge in [0.2, 0.25) is 5.95 Å². The van der Waals surface area contributed by atoms with Gasteiger partial charge in [0.05, 0.1) is 20.4 Å². The monoisotopic (exact) mass is 399 g/mol. The summed E-state index contributed by atoms with van der Waals surface area (Å²) >= 11 is 6.00. The summed E-state index contributed by atoms with van der Waals surface area (Å²) in [6.07, 6.45) is 2.35. The van der Waals surface area contributed by atoms with Crippen LogP contribution < -0.4 is 20.1 Å². The van der Waals surface area contributed by atoms with E-state index in [0.717, 1.165) is 23.2 Å².